The van der Waals surface area contributed by atoms with Gasteiger partial charge in [-0.15, -0.1) is 0 Å². The molecule has 32 heavy (non-hydrogen) atoms. The monoisotopic (exact) mass is 456 g/mol. The molecule has 9 nitrogen and oxygen atoms in total. The summed E-state index contributed by atoms with van der Waals surface area (Å²) in [6.45, 7) is 1.23. The first kappa shape index (κ1) is 21.8. The van der Waals surface area contributed by atoms with Gasteiger partial charge in [-0.3, -0.25) is 18.8 Å². The summed E-state index contributed by atoms with van der Waals surface area (Å²) in [7, 11) is -2.41. The van der Waals surface area contributed by atoms with E-state index >= 15 is 0 Å². The standard InChI is InChI=1S/C22H24N4O5S/c1-22(15-11-12-15)20(28)26(21(29)24-22)14-19(27)23-16-7-6-10-18(13-16)32(30,31)25(2)17-8-4-3-5-9-17/h3-10,13,15H,11-12,14H2,1-2H3,(H,23,27)(H,24,29)/t22-/m1/s1. The number of nitrogens with one attached hydrogen (secondary N) is 2. The normalized spacial score (nSPS) is 20.8. The molecule has 2 fully saturated rings. The van der Waals surface area contributed by atoms with E-state index in [-0.39, 0.29) is 16.5 Å². The molecule has 0 spiro atoms. The number of para-hydroxylation sites is 1. The number of nitrogens with zero attached hydrogens (tertiary/aromatic N) is 2. The highest BCUT2D eigenvalue weighted by Crippen LogP contribution is 2.42. The van der Waals surface area contributed by atoms with E-state index in [1.807, 2.05) is 0 Å². The lowest BCUT2D eigenvalue weighted by Crippen LogP contribution is -2.46. The molecule has 2 aromatic rings. The van der Waals surface area contributed by atoms with Crippen molar-refractivity contribution in [2.45, 2.75) is 30.2 Å². The van der Waals surface area contributed by atoms with Crippen molar-refractivity contribution in [3.63, 3.8) is 0 Å². The van der Waals surface area contributed by atoms with Gasteiger partial charge in [-0.25, -0.2) is 13.2 Å². The Hall–Kier alpha value is -3.40. The number of amides is 4. The molecular weight excluding hydrogens is 432 g/mol. The molecule has 0 bridgehead atoms. The van der Waals surface area contributed by atoms with Gasteiger partial charge in [0.15, 0.2) is 0 Å². The fourth-order valence-electron chi connectivity index (χ4n) is 3.81. The summed E-state index contributed by atoms with van der Waals surface area (Å²) in [6.07, 6.45) is 1.72. The second kappa shape index (κ2) is 7.94. The Bertz CT molecular complexity index is 1180. The van der Waals surface area contributed by atoms with Gasteiger partial charge in [0.1, 0.15) is 12.1 Å². The number of rotatable bonds is 7. The van der Waals surface area contributed by atoms with Gasteiger partial charge in [0.2, 0.25) is 5.91 Å². The van der Waals surface area contributed by atoms with Crippen molar-refractivity contribution in [1.29, 1.82) is 0 Å². The van der Waals surface area contributed by atoms with Crippen molar-refractivity contribution >= 4 is 39.2 Å². The molecule has 1 aliphatic carbocycles. The summed E-state index contributed by atoms with van der Waals surface area (Å²) >= 11 is 0. The molecule has 4 amide bonds. The van der Waals surface area contributed by atoms with Crippen LogP contribution >= 0.6 is 0 Å². The van der Waals surface area contributed by atoms with Gasteiger partial charge in [0.25, 0.3) is 15.9 Å². The van der Waals surface area contributed by atoms with Crippen LogP contribution in [0.5, 0.6) is 0 Å². The number of hydrogen-bond donors (Lipinski definition) is 2. The maximum Gasteiger partial charge on any atom is 0.325 e. The third-order valence-electron chi connectivity index (χ3n) is 5.89. The molecule has 2 N–H and O–H groups in total. The minimum atomic E-state index is -3.85. The minimum absolute atomic E-state index is 0.00189. The molecule has 0 aromatic heterocycles. The Morgan fingerprint density at radius 2 is 1.84 bits per heavy atom. The summed E-state index contributed by atoms with van der Waals surface area (Å²) in [5.41, 5.74) is -0.221. The lowest BCUT2D eigenvalue weighted by Gasteiger charge is -2.21. The predicted octanol–water partition coefficient (Wildman–Crippen LogP) is 2.17. The van der Waals surface area contributed by atoms with Gasteiger partial charge in [-0.2, -0.15) is 0 Å². The maximum absolute atomic E-state index is 13.0. The van der Waals surface area contributed by atoms with Crippen LogP contribution in [0.15, 0.2) is 59.5 Å². The molecule has 1 atom stereocenters. The lowest BCUT2D eigenvalue weighted by molar-refractivity contribution is -0.134. The summed E-state index contributed by atoms with van der Waals surface area (Å²) < 4.78 is 27.1. The fourth-order valence-corrected chi connectivity index (χ4v) is 5.05. The Kier molecular flexibility index (Phi) is 5.41. The van der Waals surface area contributed by atoms with Crippen molar-refractivity contribution in [2.24, 2.45) is 5.92 Å². The number of imide groups is 1. The molecule has 4 rings (SSSR count). The number of carbonyl (C=O) groups excluding carboxylic acids is 3. The zero-order valence-electron chi connectivity index (χ0n) is 17.7. The predicted molar refractivity (Wildman–Crippen MR) is 118 cm³/mol. The molecule has 10 heteroatoms. The summed E-state index contributed by atoms with van der Waals surface area (Å²) in [4.78, 5) is 38.4. The highest BCUT2D eigenvalue weighted by Gasteiger charge is 2.56. The second-order valence-corrected chi connectivity index (χ2v) is 10.2. The summed E-state index contributed by atoms with van der Waals surface area (Å²) in [6, 6.07) is 13.9. The molecule has 0 unspecified atom stereocenters. The second-order valence-electron chi connectivity index (χ2n) is 8.18. The molecular formula is C22H24N4O5S. The number of urea groups is 1. The van der Waals surface area contributed by atoms with Gasteiger partial charge >= 0.3 is 6.03 Å². The summed E-state index contributed by atoms with van der Waals surface area (Å²) in [5, 5.41) is 5.27. The molecule has 0 radical (unpaired) electrons. The van der Waals surface area contributed by atoms with E-state index in [2.05, 4.69) is 10.6 Å². The van der Waals surface area contributed by atoms with Crippen LogP contribution in [0.1, 0.15) is 19.8 Å². The first-order valence-corrected chi connectivity index (χ1v) is 11.6. The Labute approximate surface area is 186 Å². The van der Waals surface area contributed by atoms with Crippen LogP contribution < -0.4 is 14.9 Å². The van der Waals surface area contributed by atoms with E-state index in [9.17, 15) is 22.8 Å². The first-order valence-electron chi connectivity index (χ1n) is 10.2. The molecule has 1 heterocycles. The minimum Gasteiger partial charge on any atom is -0.324 e. The molecule has 168 valence electrons. The van der Waals surface area contributed by atoms with Crippen LogP contribution in [0, 0.1) is 5.92 Å². The average molecular weight is 457 g/mol. The smallest absolute Gasteiger partial charge is 0.324 e. The Balaban J connectivity index is 1.47. The molecule has 2 aliphatic rings. The van der Waals surface area contributed by atoms with Crippen molar-refractivity contribution < 1.29 is 22.8 Å². The number of anilines is 2. The zero-order chi connectivity index (χ0) is 23.1. The van der Waals surface area contributed by atoms with Gasteiger partial charge in [-0.1, -0.05) is 24.3 Å². The average Bonchev–Trinajstić information content (AvgIpc) is 3.60. The van der Waals surface area contributed by atoms with E-state index in [0.29, 0.717) is 5.69 Å². The van der Waals surface area contributed by atoms with Gasteiger partial charge < -0.3 is 10.6 Å². The molecule has 1 saturated carbocycles. The summed E-state index contributed by atoms with van der Waals surface area (Å²) in [5.74, 6) is -0.920. The van der Waals surface area contributed by atoms with Crippen LogP contribution in [0.2, 0.25) is 0 Å². The van der Waals surface area contributed by atoms with E-state index in [4.69, 9.17) is 0 Å². The number of sulfonamides is 1. The zero-order valence-corrected chi connectivity index (χ0v) is 18.6. The largest absolute Gasteiger partial charge is 0.325 e. The van der Waals surface area contributed by atoms with Crippen LogP contribution in [0.3, 0.4) is 0 Å². The van der Waals surface area contributed by atoms with Crippen molar-refractivity contribution in [3.8, 4) is 0 Å². The van der Waals surface area contributed by atoms with Crippen LogP contribution in [-0.2, 0) is 19.6 Å². The maximum atomic E-state index is 13.0. The van der Waals surface area contributed by atoms with E-state index in [0.717, 1.165) is 22.0 Å². The SMILES string of the molecule is CN(c1ccccc1)S(=O)(=O)c1cccc(NC(=O)CN2C(=O)N[C@](C)(C3CC3)C2=O)c1. The third kappa shape index (κ3) is 3.93. The van der Waals surface area contributed by atoms with Crippen LogP contribution in [-0.4, -0.2) is 50.3 Å². The number of benzene rings is 2. The fraction of sp³-hybridized carbons (Fsp3) is 0.318. The van der Waals surface area contributed by atoms with Gasteiger partial charge in [0, 0.05) is 12.7 Å². The Morgan fingerprint density at radius 3 is 2.50 bits per heavy atom. The molecule has 1 aliphatic heterocycles. The highest BCUT2D eigenvalue weighted by molar-refractivity contribution is 7.92. The van der Waals surface area contributed by atoms with E-state index in [1.165, 1.54) is 25.2 Å². The lowest BCUT2D eigenvalue weighted by atomic mass is 9.96. The van der Waals surface area contributed by atoms with E-state index in [1.54, 1.807) is 43.3 Å². The topological polar surface area (TPSA) is 116 Å². The van der Waals surface area contributed by atoms with Crippen molar-refractivity contribution in [2.75, 3.05) is 23.2 Å². The van der Waals surface area contributed by atoms with E-state index < -0.39 is 40.0 Å². The molecule has 1 saturated heterocycles. The van der Waals surface area contributed by atoms with Gasteiger partial charge in [0.05, 0.1) is 10.6 Å². The Morgan fingerprint density at radius 1 is 1.16 bits per heavy atom. The van der Waals surface area contributed by atoms with Crippen molar-refractivity contribution in [1.82, 2.24) is 10.2 Å². The number of carbonyl (C=O) groups is 3. The first-order chi connectivity index (χ1) is 15.1. The highest BCUT2D eigenvalue weighted by atomic mass is 32.2. The third-order valence-corrected chi connectivity index (χ3v) is 7.67. The van der Waals surface area contributed by atoms with Gasteiger partial charge in [-0.05, 0) is 56.0 Å². The quantitative estimate of drug-likeness (QED) is 0.620. The van der Waals surface area contributed by atoms with Crippen LogP contribution in [0.4, 0.5) is 16.2 Å². The molecule has 2 aromatic carbocycles. The number of hydrogen-bond acceptors (Lipinski definition) is 5. The van der Waals surface area contributed by atoms with Crippen LogP contribution in [0.25, 0.3) is 0 Å². The van der Waals surface area contributed by atoms with Crippen molar-refractivity contribution in [3.05, 3.63) is 54.6 Å².